The molecule has 1 aromatic heterocycles. The van der Waals surface area contributed by atoms with Gasteiger partial charge in [0.05, 0.1) is 0 Å². The number of esters is 1. The van der Waals surface area contributed by atoms with Gasteiger partial charge in [0.25, 0.3) is 5.89 Å². The predicted octanol–water partition coefficient (Wildman–Crippen LogP) is 4.40. The first-order chi connectivity index (χ1) is 13.5. The molecule has 0 bridgehead atoms. The van der Waals surface area contributed by atoms with Crippen LogP contribution in [0.4, 0.5) is 8.78 Å². The molecule has 0 unspecified atom stereocenters. The molecule has 8 heteroatoms. The lowest BCUT2D eigenvalue weighted by atomic mass is 10.1. The van der Waals surface area contributed by atoms with Crippen molar-refractivity contribution in [2.45, 2.75) is 20.1 Å². The van der Waals surface area contributed by atoms with E-state index in [0.717, 1.165) is 11.1 Å². The highest BCUT2D eigenvalue weighted by Crippen LogP contribution is 2.17. The molecule has 0 saturated heterocycles. The molecule has 28 heavy (non-hydrogen) atoms. The maximum Gasteiger partial charge on any atom is 0.387 e. The Kier molecular flexibility index (Phi) is 6.11. The highest BCUT2D eigenvalue weighted by molar-refractivity contribution is 5.87. The largest absolute Gasteiger partial charge is 0.452 e. The zero-order valence-corrected chi connectivity index (χ0v) is 14.8. The van der Waals surface area contributed by atoms with Crippen LogP contribution in [0, 0.1) is 6.92 Å². The third-order valence-electron chi connectivity index (χ3n) is 3.63. The van der Waals surface area contributed by atoms with E-state index in [0.29, 0.717) is 11.4 Å². The number of nitrogens with zero attached hydrogens (tertiary/aromatic N) is 2. The van der Waals surface area contributed by atoms with E-state index >= 15 is 0 Å². The zero-order chi connectivity index (χ0) is 19.9. The highest BCUT2D eigenvalue weighted by Gasteiger charge is 2.10. The van der Waals surface area contributed by atoms with Crippen LogP contribution in [-0.2, 0) is 16.1 Å². The lowest BCUT2D eigenvalue weighted by Crippen LogP contribution is -2.01. The van der Waals surface area contributed by atoms with Crippen LogP contribution in [0.2, 0.25) is 0 Å². The van der Waals surface area contributed by atoms with Gasteiger partial charge in [-0.1, -0.05) is 47.1 Å². The van der Waals surface area contributed by atoms with E-state index in [1.807, 2.05) is 31.2 Å². The molecule has 0 spiro atoms. The molecular formula is C20H16F2N2O4. The molecule has 0 saturated carbocycles. The Morgan fingerprint density at radius 1 is 1.14 bits per heavy atom. The standard InChI is InChI=1S/C20H16F2N2O4/c1-13-2-7-15(8-3-13)19-23-17(28-24-19)12-26-18(25)11-6-14-4-9-16(10-5-14)27-20(21)22/h2-11,20H,12H2,1H3/b11-6+. The number of carbonyl (C=O) groups excluding carboxylic acids is 1. The minimum Gasteiger partial charge on any atom is -0.452 e. The third kappa shape index (κ3) is 5.47. The quantitative estimate of drug-likeness (QED) is 0.443. The van der Waals surface area contributed by atoms with Gasteiger partial charge in [-0.25, -0.2) is 4.79 Å². The van der Waals surface area contributed by atoms with Gasteiger partial charge in [-0.3, -0.25) is 0 Å². The van der Waals surface area contributed by atoms with E-state index in [4.69, 9.17) is 9.26 Å². The lowest BCUT2D eigenvalue weighted by molar-refractivity contribution is -0.139. The Balaban J connectivity index is 1.51. The second-order valence-electron chi connectivity index (χ2n) is 5.77. The fourth-order valence-electron chi connectivity index (χ4n) is 2.24. The van der Waals surface area contributed by atoms with Crippen molar-refractivity contribution in [3.05, 3.63) is 71.6 Å². The predicted molar refractivity (Wildman–Crippen MR) is 96.4 cm³/mol. The number of aromatic nitrogens is 2. The number of benzene rings is 2. The molecule has 3 rings (SSSR count). The normalized spacial score (nSPS) is 11.1. The van der Waals surface area contributed by atoms with Gasteiger partial charge in [-0.15, -0.1) is 0 Å². The van der Waals surface area contributed by atoms with Crippen molar-refractivity contribution in [2.24, 2.45) is 0 Å². The SMILES string of the molecule is Cc1ccc(-c2noc(COC(=O)/C=C/c3ccc(OC(F)F)cc3)n2)cc1. The summed E-state index contributed by atoms with van der Waals surface area (Å²) in [5.41, 5.74) is 2.54. The topological polar surface area (TPSA) is 74.5 Å². The average Bonchev–Trinajstić information content (AvgIpc) is 3.15. The van der Waals surface area contributed by atoms with Crippen molar-refractivity contribution >= 4 is 12.0 Å². The maximum absolute atomic E-state index is 12.1. The van der Waals surface area contributed by atoms with E-state index in [-0.39, 0.29) is 18.2 Å². The molecule has 144 valence electrons. The van der Waals surface area contributed by atoms with Crippen molar-refractivity contribution < 1.29 is 27.6 Å². The van der Waals surface area contributed by atoms with Gasteiger partial charge in [-0.2, -0.15) is 13.8 Å². The summed E-state index contributed by atoms with van der Waals surface area (Å²) in [5, 5.41) is 3.86. The molecule has 0 N–H and O–H groups in total. The smallest absolute Gasteiger partial charge is 0.387 e. The molecule has 1 heterocycles. The monoisotopic (exact) mass is 386 g/mol. The van der Waals surface area contributed by atoms with Gasteiger partial charge in [0.1, 0.15) is 5.75 Å². The molecule has 0 aliphatic heterocycles. The molecule has 0 amide bonds. The summed E-state index contributed by atoms with van der Waals surface area (Å²) in [4.78, 5) is 16.0. The average molecular weight is 386 g/mol. The van der Waals surface area contributed by atoms with Crippen molar-refractivity contribution in [3.63, 3.8) is 0 Å². The van der Waals surface area contributed by atoms with Crippen LogP contribution in [0.5, 0.6) is 5.75 Å². The van der Waals surface area contributed by atoms with Gasteiger partial charge < -0.3 is 14.0 Å². The Morgan fingerprint density at radius 3 is 2.54 bits per heavy atom. The second kappa shape index (κ2) is 8.90. The second-order valence-corrected chi connectivity index (χ2v) is 5.77. The first kappa shape index (κ1) is 19.2. The van der Waals surface area contributed by atoms with Gasteiger partial charge in [0.15, 0.2) is 6.61 Å². The Bertz CT molecular complexity index is 951. The lowest BCUT2D eigenvalue weighted by Gasteiger charge is -2.03. The first-order valence-corrected chi connectivity index (χ1v) is 8.29. The summed E-state index contributed by atoms with van der Waals surface area (Å²) < 4.78 is 38.6. The van der Waals surface area contributed by atoms with E-state index in [1.165, 1.54) is 36.4 Å². The van der Waals surface area contributed by atoms with Gasteiger partial charge in [0.2, 0.25) is 5.82 Å². The van der Waals surface area contributed by atoms with Crippen LogP contribution in [0.1, 0.15) is 17.0 Å². The van der Waals surface area contributed by atoms with Crippen LogP contribution < -0.4 is 4.74 Å². The number of rotatable bonds is 7. The summed E-state index contributed by atoms with van der Waals surface area (Å²) in [6.45, 7) is -1.07. The van der Waals surface area contributed by atoms with Crippen molar-refractivity contribution in [1.82, 2.24) is 10.1 Å². The van der Waals surface area contributed by atoms with Gasteiger partial charge in [-0.05, 0) is 30.7 Å². The van der Waals surface area contributed by atoms with E-state index in [2.05, 4.69) is 14.9 Å². The summed E-state index contributed by atoms with van der Waals surface area (Å²) in [5.74, 6) is 0.0111. The zero-order valence-electron chi connectivity index (χ0n) is 14.8. The highest BCUT2D eigenvalue weighted by atomic mass is 19.3. The van der Waals surface area contributed by atoms with Crippen LogP contribution in [-0.4, -0.2) is 22.7 Å². The van der Waals surface area contributed by atoms with Crippen molar-refractivity contribution in [3.8, 4) is 17.1 Å². The number of ether oxygens (including phenoxy) is 2. The molecule has 0 aliphatic rings. The Hall–Kier alpha value is -3.55. The fraction of sp³-hybridized carbons (Fsp3) is 0.150. The number of hydrogen-bond acceptors (Lipinski definition) is 6. The molecule has 0 fully saturated rings. The van der Waals surface area contributed by atoms with Crippen LogP contribution in [0.25, 0.3) is 17.5 Å². The Morgan fingerprint density at radius 2 is 1.86 bits per heavy atom. The van der Waals surface area contributed by atoms with Gasteiger partial charge in [0, 0.05) is 11.6 Å². The van der Waals surface area contributed by atoms with Crippen molar-refractivity contribution in [2.75, 3.05) is 0 Å². The molecule has 0 atom stereocenters. The molecule has 3 aromatic rings. The molecule has 0 radical (unpaired) electrons. The summed E-state index contributed by atoms with van der Waals surface area (Å²) in [6.07, 6.45) is 2.69. The molecule has 0 aliphatic carbocycles. The van der Waals surface area contributed by atoms with Crippen LogP contribution in [0.15, 0.2) is 59.1 Å². The molecule has 2 aromatic carbocycles. The van der Waals surface area contributed by atoms with Crippen molar-refractivity contribution in [1.29, 1.82) is 0 Å². The van der Waals surface area contributed by atoms with E-state index in [1.54, 1.807) is 0 Å². The van der Waals surface area contributed by atoms with Gasteiger partial charge >= 0.3 is 12.6 Å². The Labute approximate surface area is 159 Å². The third-order valence-corrected chi connectivity index (χ3v) is 3.63. The fourth-order valence-corrected chi connectivity index (χ4v) is 2.24. The van der Waals surface area contributed by atoms with E-state index in [9.17, 15) is 13.6 Å². The number of halogens is 2. The van der Waals surface area contributed by atoms with E-state index < -0.39 is 12.6 Å². The minimum absolute atomic E-state index is 0.0375. The number of alkyl halides is 2. The molecule has 6 nitrogen and oxygen atoms in total. The first-order valence-electron chi connectivity index (χ1n) is 8.29. The number of aryl methyl sites for hydroxylation is 1. The summed E-state index contributed by atoms with van der Waals surface area (Å²) in [7, 11) is 0. The van der Waals surface area contributed by atoms with Crippen LogP contribution >= 0.6 is 0 Å². The summed E-state index contributed by atoms with van der Waals surface area (Å²) >= 11 is 0. The summed E-state index contributed by atoms with van der Waals surface area (Å²) in [6, 6.07) is 13.4. The maximum atomic E-state index is 12.1. The number of carbonyl (C=O) groups is 1. The molecular weight excluding hydrogens is 370 g/mol. The minimum atomic E-state index is -2.88. The van der Waals surface area contributed by atoms with Crippen LogP contribution in [0.3, 0.4) is 0 Å². The number of hydrogen-bond donors (Lipinski definition) is 0.